The van der Waals surface area contributed by atoms with Gasteiger partial charge in [0, 0.05) is 25.1 Å². The second-order valence-corrected chi connectivity index (χ2v) is 6.31. The van der Waals surface area contributed by atoms with Gasteiger partial charge in [0.25, 0.3) is 5.91 Å². The lowest BCUT2D eigenvalue weighted by Gasteiger charge is -2.34. The van der Waals surface area contributed by atoms with Crippen LogP contribution in [0.4, 0.5) is 0 Å². The maximum absolute atomic E-state index is 13.0. The predicted octanol–water partition coefficient (Wildman–Crippen LogP) is 3.15. The average molecular weight is 342 g/mol. The van der Waals surface area contributed by atoms with Crippen LogP contribution in [0.15, 0.2) is 43.0 Å². The molecule has 0 bridgehead atoms. The lowest BCUT2D eigenvalue weighted by atomic mass is 9.98. The highest BCUT2D eigenvalue weighted by molar-refractivity contribution is 6.30. The van der Waals surface area contributed by atoms with Gasteiger partial charge in [0.2, 0.25) is 5.78 Å². The van der Waals surface area contributed by atoms with E-state index in [0.29, 0.717) is 23.0 Å². The molecule has 4 rings (SSSR count). The molecule has 1 amide bonds. The van der Waals surface area contributed by atoms with Crippen LogP contribution in [-0.4, -0.2) is 36.7 Å². The predicted molar refractivity (Wildman–Crippen MR) is 89.9 cm³/mol. The van der Waals surface area contributed by atoms with E-state index in [2.05, 4.69) is 15.0 Å². The monoisotopic (exact) mass is 341 g/mol. The minimum absolute atomic E-state index is 0.00573. The maximum atomic E-state index is 13.0. The SMILES string of the molecule is O=C(c1cn2cc(Cl)cnc2n1)N1CCCC[C@@H]1c1ccccn1. The summed E-state index contributed by atoms with van der Waals surface area (Å²) in [6, 6.07) is 5.81. The molecule has 24 heavy (non-hydrogen) atoms. The number of carbonyl (C=O) groups is 1. The first-order valence-corrected chi connectivity index (χ1v) is 8.32. The molecule has 1 aliphatic rings. The van der Waals surface area contributed by atoms with Gasteiger partial charge in [0.05, 0.1) is 23.0 Å². The van der Waals surface area contributed by atoms with Crippen LogP contribution in [0.1, 0.15) is 41.5 Å². The van der Waals surface area contributed by atoms with Crippen LogP contribution in [0.3, 0.4) is 0 Å². The van der Waals surface area contributed by atoms with Crippen molar-refractivity contribution in [3.05, 3.63) is 59.4 Å². The Morgan fingerprint density at radius 3 is 2.96 bits per heavy atom. The summed E-state index contributed by atoms with van der Waals surface area (Å²) in [5, 5.41) is 0.503. The number of fused-ring (bicyclic) bond motifs is 1. The third-order valence-corrected chi connectivity index (χ3v) is 4.49. The van der Waals surface area contributed by atoms with E-state index in [-0.39, 0.29) is 11.9 Å². The molecular formula is C17H16ClN5O. The summed E-state index contributed by atoms with van der Waals surface area (Å²) in [4.78, 5) is 27.8. The largest absolute Gasteiger partial charge is 0.329 e. The normalized spacial score (nSPS) is 18.0. The van der Waals surface area contributed by atoms with Gasteiger partial charge < -0.3 is 4.90 Å². The summed E-state index contributed by atoms with van der Waals surface area (Å²) >= 11 is 5.94. The Kier molecular flexibility index (Phi) is 3.90. The molecule has 1 saturated heterocycles. The molecule has 7 heteroatoms. The van der Waals surface area contributed by atoms with E-state index in [1.807, 2.05) is 23.1 Å². The molecule has 0 spiro atoms. The van der Waals surface area contributed by atoms with Crippen LogP contribution in [0.25, 0.3) is 5.78 Å². The zero-order valence-electron chi connectivity index (χ0n) is 13.0. The Bertz CT molecular complexity index is 879. The zero-order chi connectivity index (χ0) is 16.5. The Hall–Kier alpha value is -2.47. The topological polar surface area (TPSA) is 63.4 Å². The van der Waals surface area contributed by atoms with Gasteiger partial charge in [-0.05, 0) is 31.4 Å². The standard InChI is InChI=1S/C17H16ClN5O/c18-12-9-20-17-21-14(11-22(17)10-12)16(24)23-8-4-2-6-15(23)13-5-1-3-7-19-13/h1,3,5,7,9-11,15H,2,4,6,8H2/t15-/m1/s1. The number of aromatic nitrogens is 4. The van der Waals surface area contributed by atoms with E-state index < -0.39 is 0 Å². The molecule has 6 nitrogen and oxygen atoms in total. The summed E-state index contributed by atoms with van der Waals surface area (Å²) in [6.45, 7) is 0.710. The first-order chi connectivity index (χ1) is 11.7. The molecular weight excluding hydrogens is 326 g/mol. The van der Waals surface area contributed by atoms with Crippen LogP contribution in [-0.2, 0) is 0 Å². The number of pyridine rings is 1. The van der Waals surface area contributed by atoms with Crippen molar-refractivity contribution in [1.82, 2.24) is 24.3 Å². The van der Waals surface area contributed by atoms with Gasteiger partial charge in [-0.2, -0.15) is 0 Å². The minimum atomic E-state index is -0.0908. The second-order valence-electron chi connectivity index (χ2n) is 5.87. The van der Waals surface area contributed by atoms with Crippen molar-refractivity contribution in [2.24, 2.45) is 0 Å². The lowest BCUT2D eigenvalue weighted by molar-refractivity contribution is 0.0600. The van der Waals surface area contributed by atoms with Crippen molar-refractivity contribution >= 4 is 23.3 Å². The molecule has 0 N–H and O–H groups in total. The summed E-state index contributed by atoms with van der Waals surface area (Å²) in [6.07, 6.45) is 9.67. The number of hydrogen-bond donors (Lipinski definition) is 0. The summed E-state index contributed by atoms with van der Waals surface area (Å²) in [7, 11) is 0. The first kappa shape index (κ1) is 15.1. The molecule has 0 saturated carbocycles. The Labute approximate surface area is 144 Å². The summed E-state index contributed by atoms with van der Waals surface area (Å²) in [5.41, 5.74) is 1.31. The molecule has 122 valence electrons. The Morgan fingerprint density at radius 2 is 2.12 bits per heavy atom. The third-order valence-electron chi connectivity index (χ3n) is 4.29. The highest BCUT2D eigenvalue weighted by Gasteiger charge is 2.30. The molecule has 1 atom stereocenters. The fourth-order valence-corrected chi connectivity index (χ4v) is 3.32. The zero-order valence-corrected chi connectivity index (χ0v) is 13.7. The van der Waals surface area contributed by atoms with Crippen molar-refractivity contribution < 1.29 is 4.79 Å². The number of piperidine rings is 1. The minimum Gasteiger partial charge on any atom is -0.329 e. The molecule has 3 aromatic rings. The first-order valence-electron chi connectivity index (χ1n) is 7.94. The van der Waals surface area contributed by atoms with E-state index in [1.54, 1.807) is 23.0 Å². The molecule has 0 aliphatic carbocycles. The van der Waals surface area contributed by atoms with Crippen LogP contribution < -0.4 is 0 Å². The Balaban J connectivity index is 1.67. The highest BCUT2D eigenvalue weighted by Crippen LogP contribution is 2.30. The quantitative estimate of drug-likeness (QED) is 0.718. The second kappa shape index (κ2) is 6.20. The average Bonchev–Trinajstić information content (AvgIpc) is 3.05. The molecule has 3 aromatic heterocycles. The van der Waals surface area contributed by atoms with Crippen molar-refractivity contribution in [2.75, 3.05) is 6.54 Å². The van der Waals surface area contributed by atoms with Crippen LogP contribution in [0, 0.1) is 0 Å². The number of likely N-dealkylation sites (tertiary alicyclic amines) is 1. The van der Waals surface area contributed by atoms with Gasteiger partial charge in [-0.15, -0.1) is 0 Å². The van der Waals surface area contributed by atoms with Gasteiger partial charge >= 0.3 is 0 Å². The van der Waals surface area contributed by atoms with E-state index in [9.17, 15) is 4.79 Å². The number of carbonyl (C=O) groups excluding carboxylic acids is 1. The van der Waals surface area contributed by atoms with E-state index in [1.165, 1.54) is 6.20 Å². The van der Waals surface area contributed by atoms with E-state index in [0.717, 1.165) is 25.0 Å². The van der Waals surface area contributed by atoms with Gasteiger partial charge in [-0.1, -0.05) is 17.7 Å². The molecule has 0 aromatic carbocycles. The molecule has 0 radical (unpaired) electrons. The number of nitrogens with zero attached hydrogens (tertiary/aromatic N) is 5. The number of amides is 1. The van der Waals surface area contributed by atoms with Gasteiger partial charge in [0.1, 0.15) is 5.69 Å². The highest BCUT2D eigenvalue weighted by atomic mass is 35.5. The Morgan fingerprint density at radius 1 is 1.21 bits per heavy atom. The number of halogens is 1. The summed E-state index contributed by atoms with van der Waals surface area (Å²) < 4.78 is 1.68. The number of rotatable bonds is 2. The molecule has 1 aliphatic heterocycles. The molecule has 0 unspecified atom stereocenters. The third kappa shape index (κ3) is 2.73. The van der Waals surface area contributed by atoms with E-state index >= 15 is 0 Å². The maximum Gasteiger partial charge on any atom is 0.274 e. The van der Waals surface area contributed by atoms with Crippen molar-refractivity contribution in [3.8, 4) is 0 Å². The van der Waals surface area contributed by atoms with Gasteiger partial charge in [-0.25, -0.2) is 9.97 Å². The molecule has 1 fully saturated rings. The fourth-order valence-electron chi connectivity index (χ4n) is 3.17. The van der Waals surface area contributed by atoms with Crippen LogP contribution >= 0.6 is 11.6 Å². The van der Waals surface area contributed by atoms with Crippen molar-refractivity contribution in [2.45, 2.75) is 25.3 Å². The fraction of sp³-hybridized carbons (Fsp3) is 0.294. The van der Waals surface area contributed by atoms with Gasteiger partial charge in [0.15, 0.2) is 0 Å². The summed E-state index contributed by atoms with van der Waals surface area (Å²) in [5.74, 6) is 0.376. The smallest absolute Gasteiger partial charge is 0.274 e. The number of imidazole rings is 1. The van der Waals surface area contributed by atoms with Crippen LogP contribution in [0.5, 0.6) is 0 Å². The van der Waals surface area contributed by atoms with E-state index in [4.69, 9.17) is 11.6 Å². The number of hydrogen-bond acceptors (Lipinski definition) is 4. The van der Waals surface area contributed by atoms with Crippen molar-refractivity contribution in [1.29, 1.82) is 0 Å². The van der Waals surface area contributed by atoms with Crippen LogP contribution in [0.2, 0.25) is 5.02 Å². The van der Waals surface area contributed by atoms with Crippen molar-refractivity contribution in [3.63, 3.8) is 0 Å². The van der Waals surface area contributed by atoms with Gasteiger partial charge in [-0.3, -0.25) is 14.2 Å². The molecule has 4 heterocycles. The lowest BCUT2D eigenvalue weighted by Crippen LogP contribution is -2.39.